The van der Waals surface area contributed by atoms with Crippen molar-refractivity contribution in [2.45, 2.75) is 13.0 Å². The number of hydrogen-bond donors (Lipinski definition) is 1. The SMILES string of the molecule is Cc1ccc(C(N)CN2CCN(c3ncccn3)CC2)cc1. The van der Waals surface area contributed by atoms with Gasteiger partial charge in [0.05, 0.1) is 0 Å². The van der Waals surface area contributed by atoms with E-state index in [0.29, 0.717) is 0 Å². The highest BCUT2D eigenvalue weighted by atomic mass is 15.3. The Kier molecular flexibility index (Phi) is 4.65. The number of aryl methyl sites for hydroxylation is 1. The van der Waals surface area contributed by atoms with Crippen molar-refractivity contribution in [1.29, 1.82) is 0 Å². The Morgan fingerprint density at radius 2 is 1.68 bits per heavy atom. The van der Waals surface area contributed by atoms with Gasteiger partial charge in [0.1, 0.15) is 0 Å². The molecule has 5 heteroatoms. The Hall–Kier alpha value is -1.98. The lowest BCUT2D eigenvalue weighted by Crippen LogP contribution is -2.48. The second kappa shape index (κ2) is 6.85. The summed E-state index contributed by atoms with van der Waals surface area (Å²) >= 11 is 0. The molecule has 0 bridgehead atoms. The lowest BCUT2D eigenvalue weighted by Gasteiger charge is -2.35. The third-order valence-corrected chi connectivity index (χ3v) is 4.17. The summed E-state index contributed by atoms with van der Waals surface area (Å²) in [7, 11) is 0. The van der Waals surface area contributed by atoms with E-state index in [1.165, 1.54) is 11.1 Å². The van der Waals surface area contributed by atoms with Gasteiger partial charge in [-0.3, -0.25) is 4.90 Å². The number of nitrogens with two attached hydrogens (primary N) is 1. The van der Waals surface area contributed by atoms with Gasteiger partial charge in [-0.25, -0.2) is 9.97 Å². The van der Waals surface area contributed by atoms with Crippen LogP contribution in [-0.4, -0.2) is 47.6 Å². The van der Waals surface area contributed by atoms with E-state index in [9.17, 15) is 0 Å². The number of hydrogen-bond acceptors (Lipinski definition) is 5. The van der Waals surface area contributed by atoms with Crippen LogP contribution in [-0.2, 0) is 0 Å². The van der Waals surface area contributed by atoms with E-state index >= 15 is 0 Å². The molecule has 1 aliphatic heterocycles. The Bertz CT molecular complexity index is 576. The summed E-state index contributed by atoms with van der Waals surface area (Å²) in [5.41, 5.74) is 8.82. The molecule has 0 saturated carbocycles. The van der Waals surface area contributed by atoms with Crippen molar-refractivity contribution in [3.8, 4) is 0 Å². The van der Waals surface area contributed by atoms with Crippen molar-refractivity contribution < 1.29 is 0 Å². The molecule has 0 aliphatic carbocycles. The molecule has 1 aromatic heterocycles. The van der Waals surface area contributed by atoms with Crippen LogP contribution in [0.15, 0.2) is 42.7 Å². The van der Waals surface area contributed by atoms with Crippen molar-refractivity contribution in [2.75, 3.05) is 37.6 Å². The molecule has 2 heterocycles. The van der Waals surface area contributed by atoms with Crippen molar-refractivity contribution in [2.24, 2.45) is 5.73 Å². The Labute approximate surface area is 131 Å². The van der Waals surface area contributed by atoms with E-state index in [2.05, 4.69) is 51.0 Å². The van der Waals surface area contributed by atoms with Gasteiger partial charge in [0.15, 0.2) is 0 Å². The van der Waals surface area contributed by atoms with E-state index in [4.69, 9.17) is 5.73 Å². The maximum atomic E-state index is 6.34. The lowest BCUT2D eigenvalue weighted by atomic mass is 10.1. The van der Waals surface area contributed by atoms with Crippen molar-refractivity contribution in [3.05, 3.63) is 53.9 Å². The maximum Gasteiger partial charge on any atom is 0.225 e. The maximum absolute atomic E-state index is 6.34. The first kappa shape index (κ1) is 14.9. The molecule has 0 amide bonds. The molecular formula is C17H23N5. The van der Waals surface area contributed by atoms with Crippen LogP contribution >= 0.6 is 0 Å². The van der Waals surface area contributed by atoms with Gasteiger partial charge >= 0.3 is 0 Å². The van der Waals surface area contributed by atoms with Crippen LogP contribution < -0.4 is 10.6 Å². The summed E-state index contributed by atoms with van der Waals surface area (Å²) < 4.78 is 0. The van der Waals surface area contributed by atoms with Crippen molar-refractivity contribution >= 4 is 5.95 Å². The highest BCUT2D eigenvalue weighted by molar-refractivity contribution is 5.29. The van der Waals surface area contributed by atoms with Gasteiger partial charge in [-0.15, -0.1) is 0 Å². The lowest BCUT2D eigenvalue weighted by molar-refractivity contribution is 0.242. The monoisotopic (exact) mass is 297 g/mol. The molecule has 5 nitrogen and oxygen atoms in total. The zero-order valence-electron chi connectivity index (χ0n) is 13.0. The second-order valence-corrected chi connectivity index (χ2v) is 5.85. The normalized spacial score (nSPS) is 17.5. The van der Waals surface area contributed by atoms with Gasteiger partial charge < -0.3 is 10.6 Å². The molecule has 3 rings (SSSR count). The first-order valence-corrected chi connectivity index (χ1v) is 7.79. The fourth-order valence-electron chi connectivity index (χ4n) is 2.78. The molecule has 2 N–H and O–H groups in total. The van der Waals surface area contributed by atoms with Gasteiger partial charge in [-0.05, 0) is 18.6 Å². The molecule has 2 aromatic rings. The van der Waals surface area contributed by atoms with Gasteiger partial charge in [0.25, 0.3) is 0 Å². The molecular weight excluding hydrogens is 274 g/mol. The summed E-state index contributed by atoms with van der Waals surface area (Å²) in [6.07, 6.45) is 3.59. The highest BCUT2D eigenvalue weighted by Gasteiger charge is 2.20. The van der Waals surface area contributed by atoms with Gasteiger partial charge in [0.2, 0.25) is 5.95 Å². The Balaban J connectivity index is 1.52. The van der Waals surface area contributed by atoms with Crippen LogP contribution in [0.25, 0.3) is 0 Å². The highest BCUT2D eigenvalue weighted by Crippen LogP contribution is 2.15. The minimum absolute atomic E-state index is 0.0696. The van der Waals surface area contributed by atoms with Crippen LogP contribution in [0.5, 0.6) is 0 Å². The van der Waals surface area contributed by atoms with E-state index < -0.39 is 0 Å². The fraction of sp³-hybridized carbons (Fsp3) is 0.412. The van der Waals surface area contributed by atoms with Gasteiger partial charge in [-0.2, -0.15) is 0 Å². The topological polar surface area (TPSA) is 58.3 Å². The van der Waals surface area contributed by atoms with Crippen molar-refractivity contribution in [3.63, 3.8) is 0 Å². The Morgan fingerprint density at radius 1 is 1.05 bits per heavy atom. The summed E-state index contributed by atoms with van der Waals surface area (Å²) in [6, 6.07) is 10.4. The standard InChI is InChI=1S/C17H23N5/c1-14-3-5-15(6-4-14)16(18)13-21-9-11-22(12-10-21)17-19-7-2-8-20-17/h2-8,16H,9-13,18H2,1H3. The number of nitrogens with zero attached hydrogens (tertiary/aromatic N) is 4. The molecule has 1 aliphatic rings. The molecule has 22 heavy (non-hydrogen) atoms. The number of anilines is 1. The van der Waals surface area contributed by atoms with E-state index in [1.807, 2.05) is 6.07 Å². The van der Waals surface area contributed by atoms with Crippen LogP contribution in [0.4, 0.5) is 5.95 Å². The minimum atomic E-state index is 0.0696. The molecule has 1 aromatic carbocycles. The van der Waals surface area contributed by atoms with Gasteiger partial charge in [-0.1, -0.05) is 29.8 Å². The largest absolute Gasteiger partial charge is 0.338 e. The first-order valence-electron chi connectivity index (χ1n) is 7.79. The average Bonchev–Trinajstić information content (AvgIpc) is 2.57. The van der Waals surface area contributed by atoms with Crippen LogP contribution in [0.1, 0.15) is 17.2 Å². The van der Waals surface area contributed by atoms with Crippen molar-refractivity contribution in [1.82, 2.24) is 14.9 Å². The summed E-state index contributed by atoms with van der Waals surface area (Å²) in [4.78, 5) is 13.3. The first-order chi connectivity index (χ1) is 10.7. The van der Waals surface area contributed by atoms with Crippen LogP contribution in [0.3, 0.4) is 0 Å². The number of piperazine rings is 1. The fourth-order valence-corrected chi connectivity index (χ4v) is 2.78. The molecule has 1 fully saturated rings. The summed E-state index contributed by atoms with van der Waals surface area (Å²) in [5.74, 6) is 0.824. The predicted molar refractivity (Wildman–Crippen MR) is 88.8 cm³/mol. The quantitative estimate of drug-likeness (QED) is 0.929. The predicted octanol–water partition coefficient (Wildman–Crippen LogP) is 1.61. The molecule has 1 unspecified atom stereocenters. The van der Waals surface area contributed by atoms with Crippen LogP contribution in [0, 0.1) is 6.92 Å². The van der Waals surface area contributed by atoms with E-state index in [1.54, 1.807) is 12.4 Å². The smallest absolute Gasteiger partial charge is 0.225 e. The summed E-state index contributed by atoms with van der Waals surface area (Å²) in [5, 5.41) is 0. The zero-order chi connectivity index (χ0) is 15.4. The third-order valence-electron chi connectivity index (χ3n) is 4.17. The molecule has 0 radical (unpaired) electrons. The van der Waals surface area contributed by atoms with Gasteiger partial charge in [0, 0.05) is 51.2 Å². The average molecular weight is 297 g/mol. The summed E-state index contributed by atoms with van der Waals surface area (Å²) in [6.45, 7) is 6.89. The molecule has 116 valence electrons. The third kappa shape index (κ3) is 3.61. The minimum Gasteiger partial charge on any atom is -0.338 e. The zero-order valence-corrected chi connectivity index (χ0v) is 13.0. The second-order valence-electron chi connectivity index (χ2n) is 5.85. The van der Waals surface area contributed by atoms with E-state index in [-0.39, 0.29) is 6.04 Å². The molecule has 1 saturated heterocycles. The van der Waals surface area contributed by atoms with Crippen LogP contribution in [0.2, 0.25) is 0 Å². The number of aromatic nitrogens is 2. The molecule has 1 atom stereocenters. The molecule has 0 spiro atoms. The van der Waals surface area contributed by atoms with E-state index in [0.717, 1.165) is 38.7 Å². The Morgan fingerprint density at radius 3 is 2.32 bits per heavy atom. The number of rotatable bonds is 4. The number of benzene rings is 1.